The van der Waals surface area contributed by atoms with E-state index in [1.807, 2.05) is 59.8 Å². The number of carbonyl (C=O) groups is 1. The maximum absolute atomic E-state index is 13.0. The number of nitrogens with one attached hydrogen (secondary N) is 1. The molecule has 1 saturated heterocycles. The molecule has 0 unspecified atom stereocenters. The number of pyridine rings is 1. The molecule has 5 rings (SSSR count). The van der Waals surface area contributed by atoms with Crippen molar-refractivity contribution in [3.63, 3.8) is 0 Å². The molecule has 4 heterocycles. The van der Waals surface area contributed by atoms with Crippen LogP contribution in [0.25, 0.3) is 16.6 Å². The Morgan fingerprint density at radius 1 is 1.14 bits per heavy atom. The third-order valence-corrected chi connectivity index (χ3v) is 5.60. The number of imidazole rings is 1. The topological polar surface area (TPSA) is 65.9 Å². The number of benzene rings is 1. The van der Waals surface area contributed by atoms with Crippen molar-refractivity contribution < 1.29 is 9.53 Å². The van der Waals surface area contributed by atoms with Gasteiger partial charge in [-0.15, -0.1) is 0 Å². The van der Waals surface area contributed by atoms with Gasteiger partial charge in [0.15, 0.2) is 0 Å². The van der Waals surface area contributed by atoms with Crippen LogP contribution in [0.2, 0.25) is 0 Å². The molecule has 3 aromatic heterocycles. The molecule has 4 aromatic rings. The number of aromatic amines is 1. The summed E-state index contributed by atoms with van der Waals surface area (Å²) >= 11 is 0. The predicted molar refractivity (Wildman–Crippen MR) is 111 cm³/mol. The van der Waals surface area contributed by atoms with E-state index in [4.69, 9.17) is 4.74 Å². The van der Waals surface area contributed by atoms with Crippen LogP contribution >= 0.6 is 0 Å². The van der Waals surface area contributed by atoms with Gasteiger partial charge in [-0.1, -0.05) is 6.07 Å². The lowest BCUT2D eigenvalue weighted by Crippen LogP contribution is -2.48. The zero-order chi connectivity index (χ0) is 19.8. The number of nitrogens with zero attached hydrogens (tertiary/aromatic N) is 4. The summed E-state index contributed by atoms with van der Waals surface area (Å²) in [5.41, 5.74) is 3.68. The fraction of sp³-hybridized carbons (Fsp3) is 0.273. The molecule has 1 amide bonds. The maximum Gasteiger partial charge on any atom is 0.270 e. The Hall–Kier alpha value is -3.32. The van der Waals surface area contributed by atoms with Crippen LogP contribution in [0.15, 0.2) is 54.9 Å². The second-order valence-corrected chi connectivity index (χ2v) is 7.38. The molecule has 0 aliphatic carbocycles. The molecular weight excluding hydrogens is 366 g/mol. The molecule has 1 aliphatic rings. The van der Waals surface area contributed by atoms with Crippen LogP contribution in [0.4, 0.5) is 0 Å². The third-order valence-electron chi connectivity index (χ3n) is 5.60. The Morgan fingerprint density at radius 3 is 2.83 bits per heavy atom. The van der Waals surface area contributed by atoms with Crippen molar-refractivity contribution in [1.82, 2.24) is 24.2 Å². The summed E-state index contributed by atoms with van der Waals surface area (Å²) in [6.07, 6.45) is 3.98. The number of methoxy groups -OCH3 is 1. The highest BCUT2D eigenvalue weighted by atomic mass is 16.5. The van der Waals surface area contributed by atoms with E-state index in [0.717, 1.165) is 41.9 Å². The van der Waals surface area contributed by atoms with Gasteiger partial charge in [0.25, 0.3) is 5.91 Å². The standard InChI is InChI=1S/C22H23N5O2/c1-29-18-6-5-16-12-20(24-19(16)13-18)22(28)26-10-8-25(9-11-26)15-17-14-23-21-4-2-3-7-27(17)21/h2-7,12-14,24H,8-11,15H2,1H3. The van der Waals surface area contributed by atoms with Crippen LogP contribution < -0.4 is 4.74 Å². The number of H-pyrrole nitrogens is 1. The van der Waals surface area contributed by atoms with E-state index < -0.39 is 0 Å². The number of rotatable bonds is 4. The fourth-order valence-electron chi connectivity index (χ4n) is 3.96. The minimum Gasteiger partial charge on any atom is -0.497 e. The number of carbonyl (C=O) groups excluding carboxylic acids is 1. The number of amides is 1. The van der Waals surface area contributed by atoms with Gasteiger partial charge >= 0.3 is 0 Å². The number of ether oxygens (including phenoxy) is 1. The van der Waals surface area contributed by atoms with E-state index in [1.54, 1.807) is 7.11 Å². The van der Waals surface area contributed by atoms with Crippen molar-refractivity contribution in [3.8, 4) is 5.75 Å². The summed E-state index contributed by atoms with van der Waals surface area (Å²) in [6, 6.07) is 13.7. The molecule has 0 spiro atoms. The van der Waals surface area contributed by atoms with E-state index in [0.29, 0.717) is 18.8 Å². The van der Waals surface area contributed by atoms with E-state index in [2.05, 4.69) is 19.3 Å². The molecule has 1 fully saturated rings. The summed E-state index contributed by atoms with van der Waals surface area (Å²) in [5, 5.41) is 1.01. The van der Waals surface area contributed by atoms with Crippen LogP contribution in [0.5, 0.6) is 5.75 Å². The maximum atomic E-state index is 13.0. The van der Waals surface area contributed by atoms with Crippen LogP contribution in [-0.4, -0.2) is 63.4 Å². The minimum absolute atomic E-state index is 0.0506. The predicted octanol–water partition coefficient (Wildman–Crippen LogP) is 2.78. The van der Waals surface area contributed by atoms with Crippen molar-refractivity contribution in [3.05, 3.63) is 66.2 Å². The van der Waals surface area contributed by atoms with E-state index in [1.165, 1.54) is 5.69 Å². The average Bonchev–Trinajstić information content (AvgIpc) is 3.37. The van der Waals surface area contributed by atoms with Gasteiger partial charge in [0.2, 0.25) is 0 Å². The molecule has 7 nitrogen and oxygen atoms in total. The van der Waals surface area contributed by atoms with Gasteiger partial charge in [0.05, 0.1) is 19.0 Å². The summed E-state index contributed by atoms with van der Waals surface area (Å²) < 4.78 is 7.38. The van der Waals surface area contributed by atoms with Gasteiger partial charge in [-0.05, 0) is 30.3 Å². The lowest BCUT2D eigenvalue weighted by atomic mass is 10.2. The quantitative estimate of drug-likeness (QED) is 0.583. The zero-order valence-corrected chi connectivity index (χ0v) is 16.3. The molecular formula is C22H23N5O2. The monoisotopic (exact) mass is 389 g/mol. The molecule has 29 heavy (non-hydrogen) atoms. The van der Waals surface area contributed by atoms with Crippen molar-refractivity contribution in [1.29, 1.82) is 0 Å². The molecule has 148 valence electrons. The highest BCUT2D eigenvalue weighted by molar-refractivity contribution is 5.98. The first-order valence-corrected chi connectivity index (χ1v) is 9.80. The SMILES string of the molecule is COc1ccc2cc(C(=O)N3CCN(Cc4cnc5ccccn45)CC3)[nH]c2c1. The second kappa shape index (κ2) is 7.25. The molecule has 0 saturated carbocycles. The van der Waals surface area contributed by atoms with Crippen molar-refractivity contribution in [2.75, 3.05) is 33.3 Å². The first kappa shape index (κ1) is 17.8. The Kier molecular flexibility index (Phi) is 4.44. The van der Waals surface area contributed by atoms with Gasteiger partial charge in [0, 0.05) is 55.9 Å². The first-order valence-electron chi connectivity index (χ1n) is 9.80. The minimum atomic E-state index is 0.0506. The normalized spacial score (nSPS) is 15.3. The Balaban J connectivity index is 1.25. The van der Waals surface area contributed by atoms with Gasteiger partial charge in [0.1, 0.15) is 17.1 Å². The molecule has 0 atom stereocenters. The lowest BCUT2D eigenvalue weighted by Gasteiger charge is -2.34. The summed E-state index contributed by atoms with van der Waals surface area (Å²) in [5.74, 6) is 0.828. The summed E-state index contributed by atoms with van der Waals surface area (Å²) in [4.78, 5) is 24.9. The van der Waals surface area contributed by atoms with Gasteiger partial charge in [-0.25, -0.2) is 4.98 Å². The number of piperazine rings is 1. The molecule has 1 N–H and O–H groups in total. The number of aromatic nitrogens is 3. The molecule has 1 aliphatic heterocycles. The highest BCUT2D eigenvalue weighted by Crippen LogP contribution is 2.22. The first-order chi connectivity index (χ1) is 14.2. The molecule has 0 radical (unpaired) electrons. The fourth-order valence-corrected chi connectivity index (χ4v) is 3.96. The largest absolute Gasteiger partial charge is 0.497 e. The Bertz CT molecular complexity index is 1170. The Labute approximate surface area is 168 Å². The van der Waals surface area contributed by atoms with E-state index >= 15 is 0 Å². The Morgan fingerprint density at radius 2 is 2.00 bits per heavy atom. The molecule has 1 aromatic carbocycles. The molecule has 0 bridgehead atoms. The van der Waals surface area contributed by atoms with Gasteiger partial charge < -0.3 is 19.0 Å². The van der Waals surface area contributed by atoms with Crippen molar-refractivity contribution >= 4 is 22.5 Å². The van der Waals surface area contributed by atoms with Crippen LogP contribution in [0.1, 0.15) is 16.2 Å². The van der Waals surface area contributed by atoms with Crippen LogP contribution in [-0.2, 0) is 6.54 Å². The number of fused-ring (bicyclic) bond motifs is 2. The van der Waals surface area contributed by atoms with Crippen LogP contribution in [0.3, 0.4) is 0 Å². The van der Waals surface area contributed by atoms with Crippen LogP contribution in [0, 0.1) is 0 Å². The van der Waals surface area contributed by atoms with E-state index in [-0.39, 0.29) is 5.91 Å². The number of hydrogen-bond donors (Lipinski definition) is 1. The van der Waals surface area contributed by atoms with Crippen molar-refractivity contribution in [2.45, 2.75) is 6.54 Å². The second-order valence-electron chi connectivity index (χ2n) is 7.38. The third kappa shape index (κ3) is 3.34. The van der Waals surface area contributed by atoms with Gasteiger partial charge in [-0.2, -0.15) is 0 Å². The highest BCUT2D eigenvalue weighted by Gasteiger charge is 2.24. The summed E-state index contributed by atoms with van der Waals surface area (Å²) in [7, 11) is 1.64. The summed E-state index contributed by atoms with van der Waals surface area (Å²) in [6.45, 7) is 3.96. The lowest BCUT2D eigenvalue weighted by molar-refractivity contribution is 0.0622. The number of hydrogen-bond acceptors (Lipinski definition) is 4. The van der Waals surface area contributed by atoms with Gasteiger partial charge in [-0.3, -0.25) is 9.69 Å². The van der Waals surface area contributed by atoms with E-state index in [9.17, 15) is 4.79 Å². The smallest absolute Gasteiger partial charge is 0.270 e. The zero-order valence-electron chi connectivity index (χ0n) is 16.3. The molecule has 7 heteroatoms. The van der Waals surface area contributed by atoms with Crippen molar-refractivity contribution in [2.24, 2.45) is 0 Å². The average molecular weight is 389 g/mol.